The van der Waals surface area contributed by atoms with E-state index in [0.29, 0.717) is 5.69 Å². The number of esters is 1. The second kappa shape index (κ2) is 9.08. The van der Waals surface area contributed by atoms with E-state index in [4.69, 9.17) is 10.5 Å². The molecule has 0 unspecified atom stereocenters. The molecule has 0 heterocycles. The van der Waals surface area contributed by atoms with Crippen molar-refractivity contribution in [3.63, 3.8) is 0 Å². The predicted octanol–water partition coefficient (Wildman–Crippen LogP) is 2.28. The van der Waals surface area contributed by atoms with E-state index in [0.717, 1.165) is 6.08 Å². The number of rotatable bonds is 7. The number of carbonyl (C=O) groups is 3. The van der Waals surface area contributed by atoms with E-state index in [1.54, 1.807) is 6.07 Å². The van der Waals surface area contributed by atoms with Gasteiger partial charge in [-0.25, -0.2) is 4.79 Å². The third-order valence-electron chi connectivity index (χ3n) is 3.63. The first kappa shape index (κ1) is 20.3. The number of nitro benzene ring substituents is 1. The summed E-state index contributed by atoms with van der Waals surface area (Å²) in [6.07, 6.45) is 1.14. The number of nitro groups is 1. The number of primary amides is 1. The van der Waals surface area contributed by atoms with Gasteiger partial charge in [0.25, 0.3) is 11.6 Å². The highest BCUT2D eigenvalue weighted by molar-refractivity contribution is 5.97. The van der Waals surface area contributed by atoms with Crippen molar-refractivity contribution in [1.29, 1.82) is 0 Å². The predicted molar refractivity (Wildman–Crippen MR) is 101 cm³/mol. The highest BCUT2D eigenvalue weighted by atomic mass is 16.6. The molecule has 9 heteroatoms. The molecule has 1 atom stereocenters. The maximum atomic E-state index is 12.1. The molecule has 0 aliphatic rings. The van der Waals surface area contributed by atoms with Crippen molar-refractivity contribution in [3.8, 4) is 0 Å². The zero-order valence-corrected chi connectivity index (χ0v) is 14.8. The Labute approximate surface area is 159 Å². The summed E-state index contributed by atoms with van der Waals surface area (Å²) in [5, 5.41) is 13.5. The van der Waals surface area contributed by atoms with E-state index in [1.165, 1.54) is 55.5 Å². The van der Waals surface area contributed by atoms with Crippen LogP contribution in [0.5, 0.6) is 0 Å². The number of hydrogen-bond donors (Lipinski definition) is 2. The summed E-state index contributed by atoms with van der Waals surface area (Å²) in [5.41, 5.74) is 5.90. The summed E-state index contributed by atoms with van der Waals surface area (Å²) in [6.45, 7) is 1.38. The van der Waals surface area contributed by atoms with Crippen LogP contribution in [0, 0.1) is 10.1 Å². The molecule has 0 saturated heterocycles. The molecule has 2 aromatic rings. The van der Waals surface area contributed by atoms with Gasteiger partial charge in [-0.05, 0) is 43.3 Å². The lowest BCUT2D eigenvalue weighted by Crippen LogP contribution is -2.29. The average molecular weight is 383 g/mol. The number of carbonyl (C=O) groups excluding carboxylic acids is 3. The summed E-state index contributed by atoms with van der Waals surface area (Å²) < 4.78 is 4.99. The quantitative estimate of drug-likeness (QED) is 0.325. The second-order valence-electron chi connectivity index (χ2n) is 5.66. The Balaban J connectivity index is 1.95. The highest BCUT2D eigenvalue weighted by Gasteiger charge is 2.17. The minimum atomic E-state index is -1.11. The van der Waals surface area contributed by atoms with Crippen molar-refractivity contribution in [2.24, 2.45) is 5.73 Å². The number of amides is 2. The molecule has 2 aromatic carbocycles. The van der Waals surface area contributed by atoms with Crippen LogP contribution < -0.4 is 11.1 Å². The number of nitrogens with zero attached hydrogens (tertiary/aromatic N) is 1. The van der Waals surface area contributed by atoms with Crippen LogP contribution in [0.1, 0.15) is 22.8 Å². The number of nitrogens with one attached hydrogen (secondary N) is 1. The molecule has 0 spiro atoms. The summed E-state index contributed by atoms with van der Waals surface area (Å²) in [6, 6.07) is 11.8. The van der Waals surface area contributed by atoms with Gasteiger partial charge in [0, 0.05) is 23.4 Å². The molecule has 0 bridgehead atoms. The van der Waals surface area contributed by atoms with Gasteiger partial charge in [0.1, 0.15) is 0 Å². The van der Waals surface area contributed by atoms with Crippen molar-refractivity contribution in [2.75, 3.05) is 5.32 Å². The molecule has 0 aliphatic heterocycles. The van der Waals surface area contributed by atoms with Crippen LogP contribution in [-0.2, 0) is 14.3 Å². The van der Waals surface area contributed by atoms with Gasteiger partial charge >= 0.3 is 5.97 Å². The Morgan fingerprint density at radius 1 is 1.14 bits per heavy atom. The van der Waals surface area contributed by atoms with Crippen LogP contribution in [0.4, 0.5) is 11.4 Å². The molecule has 2 rings (SSSR count). The number of nitrogens with two attached hydrogens (primary N) is 1. The Morgan fingerprint density at radius 3 is 2.39 bits per heavy atom. The van der Waals surface area contributed by atoms with Crippen molar-refractivity contribution >= 4 is 35.2 Å². The third-order valence-corrected chi connectivity index (χ3v) is 3.63. The topological polar surface area (TPSA) is 142 Å². The molecule has 2 amide bonds. The zero-order valence-electron chi connectivity index (χ0n) is 14.8. The molecule has 3 N–H and O–H groups in total. The number of anilines is 1. The maximum absolute atomic E-state index is 12.1. The Hall–Kier alpha value is -4.01. The van der Waals surface area contributed by atoms with Gasteiger partial charge in [-0.2, -0.15) is 0 Å². The second-order valence-corrected chi connectivity index (χ2v) is 5.66. The summed E-state index contributed by atoms with van der Waals surface area (Å²) >= 11 is 0. The van der Waals surface area contributed by atoms with Gasteiger partial charge in [0.2, 0.25) is 5.91 Å². The number of benzene rings is 2. The standard InChI is InChI=1S/C19H17N3O6/c1-12(19(25)21-15-9-6-14(7-10-15)18(20)24)28-17(23)11-8-13-4-2-3-5-16(13)22(26)27/h2-12H,1H3,(H2,20,24)(H,21,25)/b11-8+/t12-/m1/s1. The largest absolute Gasteiger partial charge is 0.449 e. The van der Waals surface area contributed by atoms with Crippen molar-refractivity contribution in [3.05, 3.63) is 75.8 Å². The number of ether oxygens (including phenoxy) is 1. The van der Waals surface area contributed by atoms with Crippen LogP contribution in [0.25, 0.3) is 6.08 Å². The SMILES string of the molecule is C[C@@H](OC(=O)/C=C/c1ccccc1[N+](=O)[O-])C(=O)Nc1ccc(C(N)=O)cc1. The Morgan fingerprint density at radius 2 is 1.79 bits per heavy atom. The molecule has 0 aromatic heterocycles. The fourth-order valence-electron chi connectivity index (χ4n) is 2.18. The van der Waals surface area contributed by atoms with Crippen LogP contribution >= 0.6 is 0 Å². The summed E-state index contributed by atoms with van der Waals surface area (Å²) in [4.78, 5) is 45.4. The molecule has 0 saturated carbocycles. The molecule has 9 nitrogen and oxygen atoms in total. The minimum absolute atomic E-state index is 0.156. The smallest absolute Gasteiger partial charge is 0.331 e. The minimum Gasteiger partial charge on any atom is -0.449 e. The molecular weight excluding hydrogens is 366 g/mol. The first-order chi connectivity index (χ1) is 13.3. The maximum Gasteiger partial charge on any atom is 0.331 e. The molecular formula is C19H17N3O6. The first-order valence-electron chi connectivity index (χ1n) is 8.11. The lowest BCUT2D eigenvalue weighted by atomic mass is 10.1. The van der Waals surface area contributed by atoms with Gasteiger partial charge in [-0.3, -0.25) is 19.7 Å². The fraction of sp³-hybridized carbons (Fsp3) is 0.105. The van der Waals surface area contributed by atoms with Crippen molar-refractivity contribution in [1.82, 2.24) is 0 Å². The van der Waals surface area contributed by atoms with E-state index >= 15 is 0 Å². The molecule has 0 fully saturated rings. The van der Waals surface area contributed by atoms with Gasteiger partial charge in [-0.1, -0.05) is 12.1 Å². The average Bonchev–Trinajstić information content (AvgIpc) is 2.66. The van der Waals surface area contributed by atoms with Gasteiger partial charge in [0.15, 0.2) is 6.10 Å². The Bertz CT molecular complexity index is 937. The summed E-state index contributed by atoms with van der Waals surface area (Å²) in [5.74, 6) is -2.00. The van der Waals surface area contributed by atoms with Gasteiger partial charge < -0.3 is 15.8 Å². The van der Waals surface area contributed by atoms with Crippen LogP contribution in [0.15, 0.2) is 54.6 Å². The van der Waals surface area contributed by atoms with E-state index in [2.05, 4.69) is 5.32 Å². The first-order valence-corrected chi connectivity index (χ1v) is 8.11. The molecule has 0 radical (unpaired) electrons. The van der Waals surface area contributed by atoms with E-state index in [-0.39, 0.29) is 16.8 Å². The lowest BCUT2D eigenvalue weighted by Gasteiger charge is -2.12. The van der Waals surface area contributed by atoms with Crippen LogP contribution in [0.2, 0.25) is 0 Å². The van der Waals surface area contributed by atoms with Crippen molar-refractivity contribution in [2.45, 2.75) is 13.0 Å². The normalized spacial score (nSPS) is 11.6. The monoisotopic (exact) mass is 383 g/mol. The summed E-state index contributed by atoms with van der Waals surface area (Å²) in [7, 11) is 0. The zero-order chi connectivity index (χ0) is 20.7. The molecule has 28 heavy (non-hydrogen) atoms. The number of para-hydroxylation sites is 1. The van der Waals surface area contributed by atoms with E-state index in [1.807, 2.05) is 0 Å². The van der Waals surface area contributed by atoms with Crippen LogP contribution in [-0.4, -0.2) is 28.8 Å². The number of hydrogen-bond acceptors (Lipinski definition) is 6. The molecule has 0 aliphatic carbocycles. The fourth-order valence-corrected chi connectivity index (χ4v) is 2.18. The Kier molecular flexibility index (Phi) is 6.58. The third kappa shape index (κ3) is 5.49. The van der Waals surface area contributed by atoms with E-state index < -0.39 is 28.8 Å². The van der Waals surface area contributed by atoms with E-state index in [9.17, 15) is 24.5 Å². The molecule has 144 valence electrons. The highest BCUT2D eigenvalue weighted by Crippen LogP contribution is 2.19. The van der Waals surface area contributed by atoms with Crippen LogP contribution in [0.3, 0.4) is 0 Å². The van der Waals surface area contributed by atoms with Gasteiger partial charge in [-0.15, -0.1) is 0 Å². The lowest BCUT2D eigenvalue weighted by molar-refractivity contribution is -0.385. The van der Waals surface area contributed by atoms with Crippen molar-refractivity contribution < 1.29 is 24.0 Å². The van der Waals surface area contributed by atoms with Gasteiger partial charge in [0.05, 0.1) is 10.5 Å².